The maximum atomic E-state index is 5.96. The molecule has 5 aromatic rings. The summed E-state index contributed by atoms with van der Waals surface area (Å²) in [6.45, 7) is 0.588. The number of nitrogens with zero attached hydrogens (tertiary/aromatic N) is 6. The highest BCUT2D eigenvalue weighted by molar-refractivity contribution is 7.19. The number of aryl methyl sites for hydroxylation is 2. The van der Waals surface area contributed by atoms with Gasteiger partial charge < -0.3 is 4.42 Å². The number of hydrogen-bond donors (Lipinski definition) is 0. The van der Waals surface area contributed by atoms with Crippen molar-refractivity contribution < 1.29 is 4.42 Å². The molecule has 5 aromatic heterocycles. The van der Waals surface area contributed by atoms with Gasteiger partial charge in [0.2, 0.25) is 5.82 Å². The third-order valence-electron chi connectivity index (χ3n) is 5.05. The predicted octanol–water partition coefficient (Wildman–Crippen LogP) is 3.72. The molecule has 0 aliphatic heterocycles. The van der Waals surface area contributed by atoms with Gasteiger partial charge in [-0.15, -0.1) is 16.4 Å². The molecule has 0 spiro atoms. The van der Waals surface area contributed by atoms with E-state index in [2.05, 4.69) is 15.2 Å². The number of furan rings is 1. The van der Waals surface area contributed by atoms with E-state index in [1.807, 2.05) is 29.1 Å². The van der Waals surface area contributed by atoms with E-state index in [1.165, 1.54) is 28.7 Å². The second kappa shape index (κ2) is 5.75. The van der Waals surface area contributed by atoms with Gasteiger partial charge in [0, 0.05) is 17.3 Å². The van der Waals surface area contributed by atoms with Crippen LogP contribution in [0.2, 0.25) is 0 Å². The molecule has 0 saturated heterocycles. The Balaban J connectivity index is 1.44. The molecular weight excluding hydrogens is 360 g/mol. The highest BCUT2D eigenvalue weighted by Crippen LogP contribution is 2.37. The van der Waals surface area contributed by atoms with E-state index in [-0.39, 0.29) is 0 Å². The van der Waals surface area contributed by atoms with E-state index >= 15 is 0 Å². The lowest BCUT2D eigenvalue weighted by Crippen LogP contribution is -1.99. The SMILES string of the molecule is c1cnn(Cc2ccc(-c3nc4c5c6c(sc5ncn4n3)CCCC6)o2)c1. The van der Waals surface area contributed by atoms with E-state index < -0.39 is 0 Å². The molecule has 7 nitrogen and oxygen atoms in total. The van der Waals surface area contributed by atoms with Crippen LogP contribution in [-0.2, 0) is 19.4 Å². The molecule has 0 bridgehead atoms. The van der Waals surface area contributed by atoms with Crippen molar-refractivity contribution >= 4 is 27.2 Å². The Labute approximate surface area is 158 Å². The molecular formula is C19H16N6OS. The number of aromatic nitrogens is 6. The van der Waals surface area contributed by atoms with Crippen LogP contribution >= 0.6 is 11.3 Å². The fourth-order valence-corrected chi connectivity index (χ4v) is 5.02. The molecule has 0 unspecified atom stereocenters. The van der Waals surface area contributed by atoms with Gasteiger partial charge in [-0.2, -0.15) is 5.10 Å². The lowest BCUT2D eigenvalue weighted by molar-refractivity contribution is 0.487. The van der Waals surface area contributed by atoms with Crippen molar-refractivity contribution in [3.8, 4) is 11.6 Å². The molecule has 0 radical (unpaired) electrons. The Kier molecular flexibility index (Phi) is 3.21. The minimum Gasteiger partial charge on any atom is -0.456 e. The van der Waals surface area contributed by atoms with Crippen LogP contribution in [0.3, 0.4) is 0 Å². The summed E-state index contributed by atoms with van der Waals surface area (Å²) in [6, 6.07) is 5.76. The van der Waals surface area contributed by atoms with E-state index in [4.69, 9.17) is 9.40 Å². The minimum atomic E-state index is 0.588. The van der Waals surface area contributed by atoms with Crippen LogP contribution in [0.5, 0.6) is 0 Å². The smallest absolute Gasteiger partial charge is 0.217 e. The molecule has 0 aromatic carbocycles. The molecule has 0 amide bonds. The summed E-state index contributed by atoms with van der Waals surface area (Å²) in [7, 11) is 0. The zero-order valence-electron chi connectivity index (χ0n) is 14.5. The van der Waals surface area contributed by atoms with Crippen molar-refractivity contribution in [2.75, 3.05) is 0 Å². The Morgan fingerprint density at radius 3 is 3.07 bits per heavy atom. The van der Waals surface area contributed by atoms with Crippen molar-refractivity contribution in [1.29, 1.82) is 0 Å². The average molecular weight is 376 g/mol. The van der Waals surface area contributed by atoms with Gasteiger partial charge in [0.05, 0.1) is 11.9 Å². The zero-order chi connectivity index (χ0) is 17.8. The van der Waals surface area contributed by atoms with Gasteiger partial charge in [-0.1, -0.05) is 0 Å². The largest absolute Gasteiger partial charge is 0.456 e. The topological polar surface area (TPSA) is 74.0 Å². The van der Waals surface area contributed by atoms with Gasteiger partial charge in [0.25, 0.3) is 0 Å². The van der Waals surface area contributed by atoms with Crippen molar-refractivity contribution in [2.45, 2.75) is 32.2 Å². The molecule has 5 heterocycles. The fraction of sp³-hybridized carbons (Fsp3) is 0.263. The summed E-state index contributed by atoms with van der Waals surface area (Å²) >= 11 is 1.80. The molecule has 8 heteroatoms. The highest BCUT2D eigenvalue weighted by Gasteiger charge is 2.21. The lowest BCUT2D eigenvalue weighted by Gasteiger charge is -2.09. The van der Waals surface area contributed by atoms with Crippen LogP contribution in [0, 0.1) is 0 Å². The van der Waals surface area contributed by atoms with Crippen LogP contribution in [0.25, 0.3) is 27.4 Å². The van der Waals surface area contributed by atoms with Crippen molar-refractivity contribution in [3.05, 3.63) is 53.1 Å². The second-order valence-electron chi connectivity index (χ2n) is 6.81. The Morgan fingerprint density at radius 2 is 2.15 bits per heavy atom. The summed E-state index contributed by atoms with van der Waals surface area (Å²) in [4.78, 5) is 11.9. The molecule has 1 aliphatic rings. The van der Waals surface area contributed by atoms with E-state index in [0.29, 0.717) is 18.1 Å². The molecule has 1 aliphatic carbocycles. The normalized spacial score (nSPS) is 14.2. The number of fused-ring (bicyclic) bond motifs is 5. The maximum Gasteiger partial charge on any atom is 0.217 e. The van der Waals surface area contributed by atoms with Gasteiger partial charge in [-0.3, -0.25) is 4.68 Å². The number of hydrogen-bond acceptors (Lipinski definition) is 6. The van der Waals surface area contributed by atoms with Gasteiger partial charge in [-0.25, -0.2) is 14.5 Å². The van der Waals surface area contributed by atoms with Gasteiger partial charge >= 0.3 is 0 Å². The molecule has 6 rings (SSSR count). The fourth-order valence-electron chi connectivity index (χ4n) is 3.80. The van der Waals surface area contributed by atoms with E-state index in [9.17, 15) is 0 Å². The molecule has 0 atom stereocenters. The van der Waals surface area contributed by atoms with Crippen molar-refractivity contribution in [2.24, 2.45) is 0 Å². The third kappa shape index (κ3) is 2.40. The summed E-state index contributed by atoms with van der Waals surface area (Å²) in [5.74, 6) is 2.08. The van der Waals surface area contributed by atoms with Crippen molar-refractivity contribution in [1.82, 2.24) is 29.4 Å². The Morgan fingerprint density at radius 1 is 1.19 bits per heavy atom. The highest BCUT2D eigenvalue weighted by atomic mass is 32.1. The quantitative estimate of drug-likeness (QED) is 0.480. The molecule has 0 N–H and O–H groups in total. The summed E-state index contributed by atoms with van der Waals surface area (Å²) in [5, 5.41) is 9.98. The first-order chi connectivity index (χ1) is 13.3. The van der Waals surface area contributed by atoms with Crippen LogP contribution in [0.1, 0.15) is 29.0 Å². The average Bonchev–Trinajstić information content (AvgIpc) is 3.46. The maximum absolute atomic E-state index is 5.96. The van der Waals surface area contributed by atoms with Gasteiger partial charge in [-0.05, 0) is 49.4 Å². The molecule has 0 saturated carbocycles. The van der Waals surface area contributed by atoms with Crippen molar-refractivity contribution in [3.63, 3.8) is 0 Å². The van der Waals surface area contributed by atoms with E-state index in [0.717, 1.165) is 29.1 Å². The first kappa shape index (κ1) is 15.1. The minimum absolute atomic E-state index is 0.588. The summed E-state index contributed by atoms with van der Waals surface area (Å²) in [6.07, 6.45) is 10.2. The van der Waals surface area contributed by atoms with Crippen LogP contribution in [0.4, 0.5) is 0 Å². The second-order valence-corrected chi connectivity index (χ2v) is 7.89. The first-order valence-electron chi connectivity index (χ1n) is 9.07. The third-order valence-corrected chi connectivity index (χ3v) is 6.25. The summed E-state index contributed by atoms with van der Waals surface area (Å²) in [5.41, 5.74) is 2.29. The lowest BCUT2D eigenvalue weighted by atomic mass is 9.97. The first-order valence-corrected chi connectivity index (χ1v) is 9.89. The van der Waals surface area contributed by atoms with E-state index in [1.54, 1.807) is 28.4 Å². The Bertz CT molecular complexity index is 1260. The summed E-state index contributed by atoms with van der Waals surface area (Å²) < 4.78 is 9.56. The number of thiophene rings is 1. The molecule has 134 valence electrons. The standard InChI is InChI=1S/C19H16N6OS/c1-2-5-15-13(4-1)16-18-22-17(23-25(18)11-20-19(16)27-15)14-7-6-12(26-14)10-24-9-3-8-21-24/h3,6-9,11H,1-2,4-5,10H2. The van der Waals surface area contributed by atoms with Gasteiger partial charge in [0.15, 0.2) is 11.4 Å². The monoisotopic (exact) mass is 376 g/mol. The van der Waals surface area contributed by atoms with Crippen LogP contribution in [0.15, 0.2) is 41.3 Å². The zero-order valence-corrected chi connectivity index (χ0v) is 15.3. The van der Waals surface area contributed by atoms with Crippen LogP contribution in [-0.4, -0.2) is 29.4 Å². The van der Waals surface area contributed by atoms with Crippen LogP contribution < -0.4 is 0 Å². The number of rotatable bonds is 3. The van der Waals surface area contributed by atoms with Gasteiger partial charge in [0.1, 0.15) is 16.9 Å². The Hall–Kier alpha value is -3.00. The predicted molar refractivity (Wildman–Crippen MR) is 102 cm³/mol. The molecule has 0 fully saturated rings. The molecule has 27 heavy (non-hydrogen) atoms.